The smallest absolute Gasteiger partial charge is 0.231 e. The van der Waals surface area contributed by atoms with Gasteiger partial charge in [0.15, 0.2) is 0 Å². The summed E-state index contributed by atoms with van der Waals surface area (Å²) in [6.07, 6.45) is -0.0854. The number of hydrogen-bond donors (Lipinski definition) is 1. The van der Waals surface area contributed by atoms with E-state index in [2.05, 4.69) is 30.4 Å². The summed E-state index contributed by atoms with van der Waals surface area (Å²) in [5, 5.41) is 2.83. The van der Waals surface area contributed by atoms with Crippen LogP contribution in [0.2, 0.25) is 0 Å². The predicted molar refractivity (Wildman–Crippen MR) is 89.1 cm³/mol. The third-order valence-electron chi connectivity index (χ3n) is 3.83. The van der Waals surface area contributed by atoms with Gasteiger partial charge in [0.25, 0.3) is 0 Å². The SMILES string of the molecule is CC(=O)CC(=O)Nc1cccc(C(C)c2ccccc2)c1C. The molecule has 1 amide bonds. The Bertz CT molecular complexity index is 677. The summed E-state index contributed by atoms with van der Waals surface area (Å²) in [6.45, 7) is 5.57. The first kappa shape index (κ1) is 16.0. The molecule has 1 N–H and O–H groups in total. The molecule has 0 spiro atoms. The number of amides is 1. The largest absolute Gasteiger partial charge is 0.325 e. The molecule has 114 valence electrons. The maximum atomic E-state index is 11.8. The maximum Gasteiger partial charge on any atom is 0.231 e. The van der Waals surface area contributed by atoms with Crippen LogP contribution in [0.4, 0.5) is 5.69 Å². The van der Waals surface area contributed by atoms with Crippen LogP contribution in [0.25, 0.3) is 0 Å². The molecule has 1 unspecified atom stereocenters. The molecule has 0 aromatic heterocycles. The van der Waals surface area contributed by atoms with Gasteiger partial charge in [-0.1, -0.05) is 49.4 Å². The number of carbonyl (C=O) groups is 2. The molecule has 22 heavy (non-hydrogen) atoms. The topological polar surface area (TPSA) is 46.2 Å². The van der Waals surface area contributed by atoms with Gasteiger partial charge in [0.05, 0.1) is 6.42 Å². The zero-order chi connectivity index (χ0) is 16.1. The lowest BCUT2D eigenvalue weighted by atomic mass is 9.89. The van der Waals surface area contributed by atoms with Crippen LogP contribution in [-0.2, 0) is 9.59 Å². The third kappa shape index (κ3) is 3.82. The van der Waals surface area contributed by atoms with Gasteiger partial charge in [0, 0.05) is 11.6 Å². The summed E-state index contributed by atoms with van der Waals surface area (Å²) in [4.78, 5) is 22.8. The molecule has 0 aliphatic heterocycles. The maximum absolute atomic E-state index is 11.8. The number of nitrogens with one attached hydrogen (secondary N) is 1. The number of anilines is 1. The Kier molecular flexibility index (Phi) is 5.10. The van der Waals surface area contributed by atoms with Gasteiger partial charge in [-0.2, -0.15) is 0 Å². The molecular weight excluding hydrogens is 274 g/mol. The first-order valence-corrected chi connectivity index (χ1v) is 7.42. The van der Waals surface area contributed by atoms with Gasteiger partial charge in [-0.25, -0.2) is 0 Å². The van der Waals surface area contributed by atoms with E-state index < -0.39 is 0 Å². The zero-order valence-electron chi connectivity index (χ0n) is 13.2. The van der Waals surface area contributed by atoms with Crippen molar-refractivity contribution >= 4 is 17.4 Å². The second-order valence-electron chi connectivity index (χ2n) is 5.58. The Balaban J connectivity index is 2.26. The van der Waals surface area contributed by atoms with Gasteiger partial charge in [-0.15, -0.1) is 0 Å². The average molecular weight is 295 g/mol. The molecule has 0 fully saturated rings. The summed E-state index contributed by atoms with van der Waals surface area (Å²) >= 11 is 0. The molecular formula is C19H21NO2. The van der Waals surface area contributed by atoms with Crippen LogP contribution in [0.15, 0.2) is 48.5 Å². The second-order valence-corrected chi connectivity index (χ2v) is 5.58. The summed E-state index contributed by atoms with van der Waals surface area (Å²) in [5.41, 5.74) is 4.21. The highest BCUT2D eigenvalue weighted by atomic mass is 16.2. The normalized spacial score (nSPS) is 11.8. The summed E-state index contributed by atoms with van der Waals surface area (Å²) in [5.74, 6) is -0.157. The van der Waals surface area contributed by atoms with Crippen LogP contribution in [0, 0.1) is 6.92 Å². The van der Waals surface area contributed by atoms with E-state index in [-0.39, 0.29) is 24.0 Å². The van der Waals surface area contributed by atoms with Crippen LogP contribution in [0.5, 0.6) is 0 Å². The Hall–Kier alpha value is -2.42. The number of rotatable bonds is 5. The lowest BCUT2D eigenvalue weighted by Gasteiger charge is -2.18. The number of hydrogen-bond acceptors (Lipinski definition) is 2. The van der Waals surface area contributed by atoms with Crippen LogP contribution in [0.1, 0.15) is 42.9 Å². The summed E-state index contributed by atoms with van der Waals surface area (Å²) in [7, 11) is 0. The second kappa shape index (κ2) is 7.03. The highest BCUT2D eigenvalue weighted by Gasteiger charge is 2.14. The molecule has 2 aromatic carbocycles. The van der Waals surface area contributed by atoms with Crippen molar-refractivity contribution in [3.63, 3.8) is 0 Å². The van der Waals surface area contributed by atoms with Crippen molar-refractivity contribution in [1.82, 2.24) is 0 Å². The van der Waals surface area contributed by atoms with Gasteiger partial charge in [-0.3, -0.25) is 9.59 Å². The van der Waals surface area contributed by atoms with Crippen LogP contribution in [0.3, 0.4) is 0 Å². The molecule has 0 saturated heterocycles. The molecule has 3 nitrogen and oxygen atoms in total. The molecule has 0 bridgehead atoms. The molecule has 0 aliphatic carbocycles. The van der Waals surface area contributed by atoms with Crippen LogP contribution >= 0.6 is 0 Å². The Morgan fingerprint density at radius 2 is 1.73 bits per heavy atom. The predicted octanol–water partition coefficient (Wildman–Crippen LogP) is 4.06. The Morgan fingerprint density at radius 3 is 2.36 bits per heavy atom. The molecule has 0 aliphatic rings. The molecule has 0 radical (unpaired) electrons. The van der Waals surface area contributed by atoms with E-state index in [9.17, 15) is 9.59 Å². The fourth-order valence-corrected chi connectivity index (χ4v) is 2.60. The third-order valence-corrected chi connectivity index (χ3v) is 3.83. The minimum atomic E-state index is -0.264. The van der Waals surface area contributed by atoms with Crippen molar-refractivity contribution in [2.45, 2.75) is 33.1 Å². The zero-order valence-corrected chi connectivity index (χ0v) is 13.2. The van der Waals surface area contributed by atoms with Crippen molar-refractivity contribution in [1.29, 1.82) is 0 Å². The highest BCUT2D eigenvalue weighted by molar-refractivity contribution is 6.03. The van der Waals surface area contributed by atoms with Gasteiger partial charge >= 0.3 is 0 Å². The molecule has 1 atom stereocenters. The van der Waals surface area contributed by atoms with Crippen molar-refractivity contribution in [3.8, 4) is 0 Å². The van der Waals surface area contributed by atoms with Crippen LogP contribution < -0.4 is 5.32 Å². The van der Waals surface area contributed by atoms with Crippen molar-refractivity contribution in [3.05, 3.63) is 65.2 Å². The number of Topliss-reactive ketones (excluding diaryl/α,β-unsaturated/α-hetero) is 1. The van der Waals surface area contributed by atoms with E-state index in [0.717, 1.165) is 11.3 Å². The van der Waals surface area contributed by atoms with E-state index in [4.69, 9.17) is 0 Å². The fraction of sp³-hybridized carbons (Fsp3) is 0.263. The summed E-state index contributed by atoms with van der Waals surface area (Å²) in [6, 6.07) is 16.1. The van der Waals surface area contributed by atoms with Gasteiger partial charge < -0.3 is 5.32 Å². The van der Waals surface area contributed by atoms with E-state index in [1.165, 1.54) is 18.1 Å². The molecule has 2 rings (SSSR count). The number of benzene rings is 2. The minimum absolute atomic E-state index is 0.0854. The van der Waals surface area contributed by atoms with Crippen molar-refractivity contribution in [2.24, 2.45) is 0 Å². The minimum Gasteiger partial charge on any atom is -0.325 e. The van der Waals surface area contributed by atoms with Crippen molar-refractivity contribution < 1.29 is 9.59 Å². The van der Waals surface area contributed by atoms with Gasteiger partial charge in [0.2, 0.25) is 5.91 Å². The van der Waals surface area contributed by atoms with E-state index >= 15 is 0 Å². The van der Waals surface area contributed by atoms with E-state index in [1.54, 1.807) is 0 Å². The molecule has 0 saturated carbocycles. The molecule has 0 heterocycles. The Morgan fingerprint density at radius 1 is 1.05 bits per heavy atom. The first-order chi connectivity index (χ1) is 10.5. The fourth-order valence-electron chi connectivity index (χ4n) is 2.60. The first-order valence-electron chi connectivity index (χ1n) is 7.42. The standard InChI is InChI=1S/C19H21NO2/c1-13(21)12-19(22)20-18-11-7-10-17(15(18)3)14(2)16-8-5-4-6-9-16/h4-11,14H,12H2,1-3H3,(H,20,22). The van der Waals surface area contributed by atoms with Crippen molar-refractivity contribution in [2.75, 3.05) is 5.32 Å². The van der Waals surface area contributed by atoms with E-state index in [1.807, 2.05) is 37.3 Å². The molecule has 3 heteroatoms. The lowest BCUT2D eigenvalue weighted by molar-refractivity contribution is -0.124. The quantitative estimate of drug-likeness (QED) is 0.845. The monoisotopic (exact) mass is 295 g/mol. The van der Waals surface area contributed by atoms with Gasteiger partial charge in [-0.05, 0) is 36.6 Å². The lowest BCUT2D eigenvalue weighted by Crippen LogP contribution is -2.16. The average Bonchev–Trinajstić information content (AvgIpc) is 2.49. The van der Waals surface area contributed by atoms with Gasteiger partial charge in [0.1, 0.15) is 5.78 Å². The van der Waals surface area contributed by atoms with Crippen LogP contribution in [-0.4, -0.2) is 11.7 Å². The molecule has 2 aromatic rings. The Labute approximate surface area is 131 Å². The van der Waals surface area contributed by atoms with E-state index in [0.29, 0.717) is 0 Å². The summed E-state index contributed by atoms with van der Waals surface area (Å²) < 4.78 is 0. The highest BCUT2D eigenvalue weighted by Crippen LogP contribution is 2.30. The number of ketones is 1. The number of carbonyl (C=O) groups excluding carboxylic acids is 2.